The van der Waals surface area contributed by atoms with Crippen LogP contribution in [0.1, 0.15) is 64.3 Å². The van der Waals surface area contributed by atoms with Crippen LogP contribution in [0.25, 0.3) is 0 Å². The number of aryl methyl sites for hydroxylation is 3. The largest absolute Gasteiger partial charge is 0.321 e. The predicted octanol–water partition coefficient (Wildman–Crippen LogP) is 5.69. The SMILES string of the molecule is CCCc1cc(C(=O)Nc2c(C)cccc2C(C)C)sc1C. The van der Waals surface area contributed by atoms with Crippen molar-refractivity contribution < 1.29 is 4.79 Å². The number of para-hydroxylation sites is 1. The normalized spacial score (nSPS) is 11.0. The maximum Gasteiger partial charge on any atom is 0.265 e. The Kier molecular flexibility index (Phi) is 5.41. The second-order valence-electron chi connectivity index (χ2n) is 6.09. The minimum atomic E-state index is 0.00616. The van der Waals surface area contributed by atoms with Crippen molar-refractivity contribution in [1.82, 2.24) is 0 Å². The molecule has 2 nitrogen and oxygen atoms in total. The van der Waals surface area contributed by atoms with E-state index in [1.165, 1.54) is 16.0 Å². The Bertz CT molecular complexity index is 670. The third kappa shape index (κ3) is 3.58. The first-order chi connectivity index (χ1) is 10.4. The van der Waals surface area contributed by atoms with Gasteiger partial charge in [0.1, 0.15) is 0 Å². The molecule has 2 aromatic rings. The molecule has 2 rings (SSSR count). The zero-order valence-corrected chi connectivity index (χ0v) is 14.9. The number of thiophene rings is 1. The van der Waals surface area contributed by atoms with Gasteiger partial charge in [0.05, 0.1) is 4.88 Å². The van der Waals surface area contributed by atoms with Crippen LogP contribution < -0.4 is 5.32 Å². The number of nitrogens with one attached hydrogen (secondary N) is 1. The molecule has 0 aliphatic carbocycles. The van der Waals surface area contributed by atoms with Crippen molar-refractivity contribution in [2.45, 2.75) is 53.4 Å². The minimum absolute atomic E-state index is 0.00616. The number of rotatable bonds is 5. The summed E-state index contributed by atoms with van der Waals surface area (Å²) >= 11 is 1.59. The number of anilines is 1. The Labute approximate surface area is 137 Å². The van der Waals surface area contributed by atoms with Gasteiger partial charge in [0.15, 0.2) is 0 Å². The van der Waals surface area contributed by atoms with Gasteiger partial charge >= 0.3 is 0 Å². The average molecular weight is 315 g/mol. The molecular formula is C19H25NOS. The highest BCUT2D eigenvalue weighted by Crippen LogP contribution is 2.29. The molecule has 0 atom stereocenters. The molecular weight excluding hydrogens is 290 g/mol. The summed E-state index contributed by atoms with van der Waals surface area (Å²) in [6, 6.07) is 8.24. The molecule has 0 spiro atoms. The van der Waals surface area contributed by atoms with Gasteiger partial charge in [-0.25, -0.2) is 0 Å². The van der Waals surface area contributed by atoms with Gasteiger partial charge in [-0.1, -0.05) is 45.4 Å². The molecule has 118 valence electrons. The first-order valence-corrected chi connectivity index (χ1v) is 8.75. The Morgan fingerprint density at radius 2 is 2.00 bits per heavy atom. The summed E-state index contributed by atoms with van der Waals surface area (Å²) in [5.74, 6) is 0.391. The van der Waals surface area contributed by atoms with Gasteiger partial charge in [-0.15, -0.1) is 11.3 Å². The fourth-order valence-electron chi connectivity index (χ4n) is 2.67. The van der Waals surface area contributed by atoms with Gasteiger partial charge < -0.3 is 5.32 Å². The van der Waals surface area contributed by atoms with E-state index in [1.807, 2.05) is 19.1 Å². The highest BCUT2D eigenvalue weighted by molar-refractivity contribution is 7.14. The lowest BCUT2D eigenvalue weighted by Crippen LogP contribution is -2.13. The molecule has 0 radical (unpaired) electrons. The predicted molar refractivity (Wildman–Crippen MR) is 96.3 cm³/mol. The number of benzene rings is 1. The van der Waals surface area contributed by atoms with E-state index in [-0.39, 0.29) is 5.91 Å². The second-order valence-corrected chi connectivity index (χ2v) is 7.35. The van der Waals surface area contributed by atoms with Crippen LogP contribution in [-0.2, 0) is 6.42 Å². The van der Waals surface area contributed by atoms with Gasteiger partial charge in [0.25, 0.3) is 5.91 Å². The van der Waals surface area contributed by atoms with Crippen LogP contribution >= 0.6 is 11.3 Å². The number of amides is 1. The van der Waals surface area contributed by atoms with E-state index in [0.717, 1.165) is 29.0 Å². The quantitative estimate of drug-likeness (QED) is 0.754. The molecule has 0 saturated heterocycles. The van der Waals surface area contributed by atoms with Crippen LogP contribution in [0.5, 0.6) is 0 Å². The lowest BCUT2D eigenvalue weighted by Gasteiger charge is -2.16. The monoisotopic (exact) mass is 315 g/mol. The van der Waals surface area contributed by atoms with E-state index in [1.54, 1.807) is 11.3 Å². The van der Waals surface area contributed by atoms with Crippen molar-refractivity contribution in [1.29, 1.82) is 0 Å². The van der Waals surface area contributed by atoms with Crippen LogP contribution in [0, 0.1) is 13.8 Å². The van der Waals surface area contributed by atoms with E-state index < -0.39 is 0 Å². The van der Waals surface area contributed by atoms with E-state index in [2.05, 4.69) is 45.1 Å². The molecule has 1 aromatic heterocycles. The summed E-state index contributed by atoms with van der Waals surface area (Å²) in [6.45, 7) is 10.6. The van der Waals surface area contributed by atoms with Crippen LogP contribution in [0.3, 0.4) is 0 Å². The first-order valence-electron chi connectivity index (χ1n) is 7.94. The van der Waals surface area contributed by atoms with E-state index in [0.29, 0.717) is 5.92 Å². The van der Waals surface area contributed by atoms with Gasteiger partial charge in [-0.05, 0) is 48.9 Å². The summed E-state index contributed by atoms with van der Waals surface area (Å²) in [5, 5.41) is 3.13. The molecule has 0 aliphatic rings. The summed E-state index contributed by atoms with van der Waals surface area (Å²) < 4.78 is 0. The smallest absolute Gasteiger partial charge is 0.265 e. The average Bonchev–Trinajstić information content (AvgIpc) is 2.82. The van der Waals surface area contributed by atoms with Crippen molar-refractivity contribution in [2.75, 3.05) is 5.32 Å². The highest BCUT2D eigenvalue weighted by atomic mass is 32.1. The zero-order chi connectivity index (χ0) is 16.3. The lowest BCUT2D eigenvalue weighted by atomic mass is 9.98. The Morgan fingerprint density at radius 1 is 1.27 bits per heavy atom. The second kappa shape index (κ2) is 7.10. The molecule has 1 amide bonds. The number of carbonyl (C=O) groups is 1. The molecule has 0 saturated carbocycles. The topological polar surface area (TPSA) is 29.1 Å². The Hall–Kier alpha value is -1.61. The fourth-order valence-corrected chi connectivity index (χ4v) is 3.63. The van der Waals surface area contributed by atoms with Crippen LogP contribution in [0.15, 0.2) is 24.3 Å². The standard InChI is InChI=1S/C19H25NOS/c1-6-8-15-11-17(22-14(15)5)19(21)20-18-13(4)9-7-10-16(18)12(2)3/h7,9-12H,6,8H2,1-5H3,(H,20,21). The van der Waals surface area contributed by atoms with Gasteiger partial charge in [0.2, 0.25) is 0 Å². The van der Waals surface area contributed by atoms with E-state index in [9.17, 15) is 4.79 Å². The fraction of sp³-hybridized carbons (Fsp3) is 0.421. The lowest BCUT2D eigenvalue weighted by molar-refractivity contribution is 0.103. The maximum absolute atomic E-state index is 12.6. The van der Waals surface area contributed by atoms with E-state index >= 15 is 0 Å². The molecule has 1 heterocycles. The maximum atomic E-state index is 12.6. The summed E-state index contributed by atoms with van der Waals surface area (Å²) in [5.41, 5.74) is 4.56. The van der Waals surface area contributed by atoms with Gasteiger partial charge in [0, 0.05) is 10.6 Å². The van der Waals surface area contributed by atoms with E-state index in [4.69, 9.17) is 0 Å². The van der Waals surface area contributed by atoms with Crippen LogP contribution in [0.4, 0.5) is 5.69 Å². The van der Waals surface area contributed by atoms with Crippen molar-refractivity contribution in [2.24, 2.45) is 0 Å². The molecule has 0 bridgehead atoms. The zero-order valence-electron chi connectivity index (χ0n) is 14.1. The third-order valence-corrected chi connectivity index (χ3v) is 5.02. The molecule has 1 N–H and O–H groups in total. The number of hydrogen-bond donors (Lipinski definition) is 1. The van der Waals surface area contributed by atoms with Crippen LogP contribution in [-0.4, -0.2) is 5.91 Å². The molecule has 0 fully saturated rings. The van der Waals surface area contributed by atoms with Crippen molar-refractivity contribution >= 4 is 22.9 Å². The third-order valence-electron chi connectivity index (χ3n) is 3.93. The summed E-state index contributed by atoms with van der Waals surface area (Å²) in [6.07, 6.45) is 2.14. The molecule has 0 aliphatic heterocycles. The summed E-state index contributed by atoms with van der Waals surface area (Å²) in [7, 11) is 0. The minimum Gasteiger partial charge on any atom is -0.321 e. The van der Waals surface area contributed by atoms with Crippen molar-refractivity contribution in [3.63, 3.8) is 0 Å². The first kappa shape index (κ1) is 16.8. The number of carbonyl (C=O) groups excluding carboxylic acids is 1. The Balaban J connectivity index is 2.28. The molecule has 0 unspecified atom stereocenters. The van der Waals surface area contributed by atoms with Crippen molar-refractivity contribution in [3.8, 4) is 0 Å². The van der Waals surface area contributed by atoms with Crippen LogP contribution in [0.2, 0.25) is 0 Å². The molecule has 3 heteroatoms. The number of hydrogen-bond acceptors (Lipinski definition) is 2. The highest BCUT2D eigenvalue weighted by Gasteiger charge is 2.16. The van der Waals surface area contributed by atoms with Crippen molar-refractivity contribution in [3.05, 3.63) is 50.7 Å². The molecule has 1 aromatic carbocycles. The van der Waals surface area contributed by atoms with Gasteiger partial charge in [-0.2, -0.15) is 0 Å². The van der Waals surface area contributed by atoms with Gasteiger partial charge in [-0.3, -0.25) is 4.79 Å². The summed E-state index contributed by atoms with van der Waals surface area (Å²) in [4.78, 5) is 14.7. The Morgan fingerprint density at radius 3 is 2.64 bits per heavy atom. The molecule has 22 heavy (non-hydrogen) atoms.